The average molecular weight is 625 g/mol. The molecule has 10 nitrogen and oxygen atoms in total. The molecule has 0 heterocycles. The lowest BCUT2D eigenvalue weighted by Crippen LogP contribution is -2.42. The van der Waals surface area contributed by atoms with Crippen molar-refractivity contribution in [2.24, 2.45) is 5.92 Å². The fourth-order valence-electron chi connectivity index (χ4n) is 4.36. The first-order valence-corrected chi connectivity index (χ1v) is 14.5. The number of carboxylic acid groups (broad SMARTS) is 1. The molecule has 3 N–H and O–H groups in total. The molecule has 2 unspecified atom stereocenters. The van der Waals surface area contributed by atoms with Crippen LogP contribution in [0.3, 0.4) is 0 Å². The van der Waals surface area contributed by atoms with E-state index in [1.54, 1.807) is 48.5 Å². The molecular formula is C33H38F2N4O6. The molecule has 0 aliphatic rings. The number of likely N-dealkylation sites (N-methyl/N-ethyl adjacent to an activating group) is 1. The van der Waals surface area contributed by atoms with Crippen LogP contribution in [0.15, 0.2) is 66.7 Å². The van der Waals surface area contributed by atoms with E-state index in [-0.39, 0.29) is 18.2 Å². The van der Waals surface area contributed by atoms with Crippen LogP contribution in [-0.4, -0.2) is 55.7 Å². The van der Waals surface area contributed by atoms with Crippen LogP contribution in [0.2, 0.25) is 0 Å². The van der Waals surface area contributed by atoms with Crippen molar-refractivity contribution < 1.29 is 37.8 Å². The van der Waals surface area contributed by atoms with Gasteiger partial charge < -0.3 is 30.3 Å². The largest absolute Gasteiger partial charge is 0.482 e. The number of nitrogens with zero attached hydrogens (tertiary/aromatic N) is 2. The van der Waals surface area contributed by atoms with Crippen molar-refractivity contribution >= 4 is 40.9 Å². The molecule has 0 saturated heterocycles. The molecule has 3 aromatic carbocycles. The summed E-state index contributed by atoms with van der Waals surface area (Å²) >= 11 is 0. The molecule has 0 fully saturated rings. The number of rotatable bonds is 14. The van der Waals surface area contributed by atoms with Crippen LogP contribution in [0, 0.1) is 17.6 Å². The maximum absolute atomic E-state index is 14.2. The Balaban J connectivity index is 1.73. The minimum absolute atomic E-state index is 0.194. The van der Waals surface area contributed by atoms with Gasteiger partial charge in [0.1, 0.15) is 23.1 Å². The summed E-state index contributed by atoms with van der Waals surface area (Å²) in [6, 6.07) is 15.6. The van der Waals surface area contributed by atoms with Gasteiger partial charge in [-0.15, -0.1) is 0 Å². The van der Waals surface area contributed by atoms with E-state index in [1.807, 2.05) is 13.8 Å². The van der Waals surface area contributed by atoms with Crippen LogP contribution in [0.1, 0.15) is 45.1 Å². The van der Waals surface area contributed by atoms with E-state index >= 15 is 0 Å². The fraction of sp³-hybridized carbons (Fsp3) is 0.333. The first-order chi connectivity index (χ1) is 21.4. The highest BCUT2D eigenvalue weighted by atomic mass is 19.1. The summed E-state index contributed by atoms with van der Waals surface area (Å²) in [5, 5.41) is 14.4. The zero-order chi connectivity index (χ0) is 33.1. The van der Waals surface area contributed by atoms with Crippen molar-refractivity contribution in [2.45, 2.75) is 39.5 Å². The fourth-order valence-corrected chi connectivity index (χ4v) is 4.36. The third-order valence-electron chi connectivity index (χ3n) is 7.41. The topological polar surface area (TPSA) is 128 Å². The number of urea groups is 1. The average Bonchev–Trinajstić information content (AvgIpc) is 3.02. The Morgan fingerprint density at radius 3 is 2.27 bits per heavy atom. The van der Waals surface area contributed by atoms with Gasteiger partial charge in [-0.1, -0.05) is 50.6 Å². The molecule has 12 heteroatoms. The van der Waals surface area contributed by atoms with Gasteiger partial charge in [0.15, 0.2) is 6.61 Å². The van der Waals surface area contributed by atoms with E-state index in [1.165, 1.54) is 24.9 Å². The number of nitrogens with one attached hydrogen (secondary N) is 2. The first-order valence-electron chi connectivity index (χ1n) is 14.5. The molecule has 0 aliphatic heterocycles. The monoisotopic (exact) mass is 624 g/mol. The zero-order valence-corrected chi connectivity index (χ0v) is 25.7. The quantitative estimate of drug-likeness (QED) is 0.209. The molecule has 0 spiro atoms. The summed E-state index contributed by atoms with van der Waals surface area (Å²) in [7, 11) is 1.24. The minimum atomic E-state index is -1.00. The Morgan fingerprint density at radius 2 is 1.60 bits per heavy atom. The number of halogens is 2. The van der Waals surface area contributed by atoms with Crippen molar-refractivity contribution in [3.8, 4) is 5.75 Å². The number of ether oxygens (including phenoxy) is 1. The maximum atomic E-state index is 14.2. The molecule has 3 aromatic rings. The van der Waals surface area contributed by atoms with Gasteiger partial charge in [0.05, 0.1) is 18.2 Å². The van der Waals surface area contributed by atoms with Crippen LogP contribution >= 0.6 is 0 Å². The van der Waals surface area contributed by atoms with Gasteiger partial charge >= 0.3 is 12.0 Å². The molecule has 0 saturated carbocycles. The van der Waals surface area contributed by atoms with Crippen LogP contribution < -0.4 is 25.2 Å². The predicted molar refractivity (Wildman–Crippen MR) is 168 cm³/mol. The van der Waals surface area contributed by atoms with Crippen molar-refractivity contribution in [3.05, 3.63) is 83.9 Å². The summed E-state index contributed by atoms with van der Waals surface area (Å²) < 4.78 is 34.2. The highest BCUT2D eigenvalue weighted by molar-refractivity contribution is 5.99. The van der Waals surface area contributed by atoms with E-state index in [4.69, 9.17) is 4.74 Å². The van der Waals surface area contributed by atoms with E-state index in [0.717, 1.165) is 23.5 Å². The van der Waals surface area contributed by atoms with Gasteiger partial charge in [0.25, 0.3) is 5.91 Å². The molecule has 2 atom stereocenters. The lowest BCUT2D eigenvalue weighted by atomic mass is 10.0. The molecule has 0 radical (unpaired) electrons. The van der Waals surface area contributed by atoms with Crippen LogP contribution in [0.4, 0.5) is 30.6 Å². The Kier molecular flexibility index (Phi) is 12.4. The number of carbonyl (C=O) groups is 4. The molecule has 0 aliphatic carbocycles. The molecule has 0 aromatic heterocycles. The highest BCUT2D eigenvalue weighted by Gasteiger charge is 2.23. The first kappa shape index (κ1) is 34.5. The van der Waals surface area contributed by atoms with Crippen molar-refractivity contribution in [3.63, 3.8) is 0 Å². The number of hydrogen-bond donors (Lipinski definition) is 3. The van der Waals surface area contributed by atoms with Gasteiger partial charge in [-0.05, 0) is 61.2 Å². The predicted octanol–water partition coefficient (Wildman–Crippen LogP) is 5.79. The van der Waals surface area contributed by atoms with Gasteiger partial charge in [-0.25, -0.2) is 13.6 Å². The van der Waals surface area contributed by atoms with E-state index in [2.05, 4.69) is 10.6 Å². The van der Waals surface area contributed by atoms with E-state index in [0.29, 0.717) is 29.9 Å². The number of para-hydroxylation sites is 3. The van der Waals surface area contributed by atoms with Crippen LogP contribution in [-0.2, 0) is 14.4 Å². The van der Waals surface area contributed by atoms with Crippen molar-refractivity contribution in [1.29, 1.82) is 0 Å². The van der Waals surface area contributed by atoms with Crippen LogP contribution in [0.25, 0.3) is 0 Å². The number of aliphatic carboxylic acids is 1. The lowest BCUT2D eigenvalue weighted by Gasteiger charge is -2.27. The number of hydrogen-bond acceptors (Lipinski definition) is 5. The maximum Gasteiger partial charge on any atom is 0.319 e. The molecule has 3 rings (SSSR count). The number of carbonyl (C=O) groups excluding carboxylic acids is 3. The molecule has 45 heavy (non-hydrogen) atoms. The second-order valence-electron chi connectivity index (χ2n) is 10.6. The van der Waals surface area contributed by atoms with Gasteiger partial charge in [0, 0.05) is 19.3 Å². The SMILES string of the molecule is CCC(C)CCN(C(=O)CNC(=O)Nc1cccc(C(C)C(=O)O)c1)c1ccccc1OCC(=O)N(C)c1c(F)cccc1F. The zero-order valence-electron chi connectivity index (χ0n) is 25.7. The summed E-state index contributed by atoms with van der Waals surface area (Å²) in [5.41, 5.74) is 0.726. The number of benzene rings is 3. The molecule has 240 valence electrons. The van der Waals surface area contributed by atoms with Crippen LogP contribution in [0.5, 0.6) is 5.75 Å². The molecular weight excluding hydrogens is 586 g/mol. The lowest BCUT2D eigenvalue weighted by molar-refractivity contribution is -0.138. The van der Waals surface area contributed by atoms with Gasteiger partial charge in [0.2, 0.25) is 5.91 Å². The van der Waals surface area contributed by atoms with Gasteiger partial charge in [-0.3, -0.25) is 14.4 Å². The third kappa shape index (κ3) is 9.49. The molecule has 4 amide bonds. The Hall–Kier alpha value is -5.00. The standard InChI is InChI=1S/C33H38F2N4O6/c1-5-21(2)16-17-39(29(40)19-36-33(44)37-24-11-8-10-23(18-24)22(3)32(42)43)27-14-6-7-15-28(27)45-20-30(41)38(4)31-25(34)12-9-13-26(31)35/h6-15,18,21-22H,5,16-17,19-20H2,1-4H3,(H,42,43)(H2,36,37,44). The normalized spacial score (nSPS) is 12.0. The third-order valence-corrected chi connectivity index (χ3v) is 7.41. The molecule has 0 bridgehead atoms. The highest BCUT2D eigenvalue weighted by Crippen LogP contribution is 2.30. The Labute approximate surface area is 261 Å². The summed E-state index contributed by atoms with van der Waals surface area (Å²) in [6.45, 7) is 4.97. The minimum Gasteiger partial charge on any atom is -0.482 e. The summed E-state index contributed by atoms with van der Waals surface area (Å²) in [6.07, 6.45) is 1.53. The Bertz CT molecular complexity index is 1500. The van der Waals surface area contributed by atoms with Crippen molar-refractivity contribution in [1.82, 2.24) is 5.32 Å². The summed E-state index contributed by atoms with van der Waals surface area (Å²) in [5.74, 6) is -4.25. The number of anilines is 3. The number of amides is 4. The van der Waals surface area contributed by atoms with E-state index < -0.39 is 53.7 Å². The number of carboxylic acids is 1. The van der Waals surface area contributed by atoms with E-state index in [9.17, 15) is 33.1 Å². The second-order valence-corrected chi connectivity index (χ2v) is 10.6. The second kappa shape index (κ2) is 16.2. The smallest absolute Gasteiger partial charge is 0.319 e. The van der Waals surface area contributed by atoms with Gasteiger partial charge in [-0.2, -0.15) is 0 Å². The summed E-state index contributed by atoms with van der Waals surface area (Å²) in [4.78, 5) is 52.6. The Morgan fingerprint density at radius 1 is 0.933 bits per heavy atom. The van der Waals surface area contributed by atoms with Crippen molar-refractivity contribution in [2.75, 3.05) is 41.9 Å².